The highest BCUT2D eigenvalue weighted by Gasteiger charge is 2.07. The molecule has 6 heteroatoms. The molecule has 0 atom stereocenters. The zero-order valence-electron chi connectivity index (χ0n) is 20.3. The van der Waals surface area contributed by atoms with E-state index in [0.717, 1.165) is 53.2 Å². The maximum absolute atomic E-state index is 6.04. The van der Waals surface area contributed by atoms with Gasteiger partial charge in [0.1, 0.15) is 31.0 Å². The quantitative estimate of drug-likeness (QED) is 0.134. The van der Waals surface area contributed by atoms with E-state index >= 15 is 0 Å². The molecule has 0 bridgehead atoms. The van der Waals surface area contributed by atoms with E-state index in [-0.39, 0.29) is 0 Å². The van der Waals surface area contributed by atoms with Gasteiger partial charge in [-0.15, -0.1) is 0 Å². The highest BCUT2D eigenvalue weighted by molar-refractivity contribution is 5.57. The Morgan fingerprint density at radius 2 is 1.52 bits per heavy atom. The lowest BCUT2D eigenvalue weighted by molar-refractivity contribution is 0.154. The summed E-state index contributed by atoms with van der Waals surface area (Å²) in [5, 5.41) is 3.63. The van der Waals surface area contributed by atoms with Crippen LogP contribution >= 0.6 is 0 Å². The van der Waals surface area contributed by atoms with Crippen LogP contribution in [0, 0.1) is 13.8 Å². The van der Waals surface area contributed by atoms with Gasteiger partial charge in [0.2, 0.25) is 0 Å². The van der Waals surface area contributed by atoms with Crippen LogP contribution in [0.4, 0.5) is 0 Å². The first kappa shape index (κ1) is 26.3. The van der Waals surface area contributed by atoms with E-state index in [4.69, 9.17) is 18.9 Å². The first-order valence-electron chi connectivity index (χ1n) is 11.5. The summed E-state index contributed by atoms with van der Waals surface area (Å²) >= 11 is 0. The van der Waals surface area contributed by atoms with E-state index in [2.05, 4.69) is 23.8 Å². The molecule has 0 N–H and O–H groups in total. The van der Waals surface area contributed by atoms with Crippen molar-refractivity contribution in [1.82, 2.24) is 0 Å². The number of ether oxygens (including phenoxy) is 4. The third-order valence-electron chi connectivity index (χ3n) is 4.88. The molecule has 2 rings (SSSR count). The van der Waals surface area contributed by atoms with Crippen LogP contribution in [-0.4, -0.2) is 39.8 Å². The Balaban J connectivity index is 1.60. The number of rotatable bonds is 16. The van der Waals surface area contributed by atoms with Crippen molar-refractivity contribution < 1.29 is 23.8 Å². The zero-order valence-corrected chi connectivity index (χ0v) is 20.3. The number of unbranched alkanes of at least 4 members (excludes halogenated alkanes) is 2. The van der Waals surface area contributed by atoms with Crippen LogP contribution in [0.2, 0.25) is 0 Å². The molecule has 2 aromatic carbocycles. The maximum Gasteiger partial charge on any atom is 0.125 e. The van der Waals surface area contributed by atoms with Gasteiger partial charge in [0.15, 0.2) is 0 Å². The maximum atomic E-state index is 6.04. The number of hydrogen-bond acceptors (Lipinski definition) is 6. The molecule has 6 nitrogen and oxygen atoms in total. The van der Waals surface area contributed by atoms with Crippen LogP contribution in [0.5, 0.6) is 17.2 Å². The molecule has 0 fully saturated rings. The van der Waals surface area contributed by atoms with Gasteiger partial charge in [0, 0.05) is 0 Å². The second-order valence-corrected chi connectivity index (χ2v) is 7.65. The van der Waals surface area contributed by atoms with Crippen LogP contribution in [0.15, 0.2) is 53.7 Å². The van der Waals surface area contributed by atoms with Gasteiger partial charge >= 0.3 is 0 Å². The Hall–Kier alpha value is -2.99. The number of benzene rings is 2. The van der Waals surface area contributed by atoms with Gasteiger partial charge in [-0.2, -0.15) is 0 Å². The molecule has 33 heavy (non-hydrogen) atoms. The van der Waals surface area contributed by atoms with Crippen LogP contribution in [-0.2, 0) is 16.2 Å². The molecule has 0 heterocycles. The summed E-state index contributed by atoms with van der Waals surface area (Å²) in [5.74, 6) is 2.71. The molecule has 0 unspecified atom stereocenters. The van der Waals surface area contributed by atoms with Gasteiger partial charge in [0.05, 0.1) is 32.6 Å². The van der Waals surface area contributed by atoms with E-state index in [1.807, 2.05) is 55.5 Å². The fourth-order valence-electron chi connectivity index (χ4n) is 3.22. The topological polar surface area (TPSA) is 58.5 Å². The van der Waals surface area contributed by atoms with E-state index in [9.17, 15) is 0 Å². The summed E-state index contributed by atoms with van der Waals surface area (Å²) in [6.45, 7) is 9.04. The van der Waals surface area contributed by atoms with E-state index in [1.54, 1.807) is 6.21 Å². The third-order valence-corrected chi connectivity index (χ3v) is 4.88. The van der Waals surface area contributed by atoms with Crippen molar-refractivity contribution in [2.24, 2.45) is 5.16 Å². The highest BCUT2D eigenvalue weighted by atomic mass is 16.6. The van der Waals surface area contributed by atoms with E-state index < -0.39 is 0 Å². The van der Waals surface area contributed by atoms with Crippen LogP contribution in [0.25, 0.3) is 0 Å². The molecule has 0 saturated heterocycles. The van der Waals surface area contributed by atoms with Crippen molar-refractivity contribution in [1.29, 1.82) is 0 Å². The van der Waals surface area contributed by atoms with Crippen LogP contribution in [0.3, 0.4) is 0 Å². The average molecular weight is 456 g/mol. The minimum absolute atomic E-state index is 0.422. The molecule has 0 aliphatic carbocycles. The Kier molecular flexibility index (Phi) is 12.5. The van der Waals surface area contributed by atoms with Crippen molar-refractivity contribution in [2.45, 2.75) is 46.6 Å². The number of nitrogens with zero attached hydrogens (tertiary/aromatic N) is 1. The fraction of sp³-hybridized carbons (Fsp3) is 0.444. The van der Waals surface area contributed by atoms with Gasteiger partial charge in [-0.3, -0.25) is 0 Å². The number of hydrogen-bond donors (Lipinski definition) is 0. The Labute approximate surface area is 198 Å². The van der Waals surface area contributed by atoms with Gasteiger partial charge in [-0.05, 0) is 81.0 Å². The molecule has 0 aromatic heterocycles. The third kappa shape index (κ3) is 10.4. The Morgan fingerprint density at radius 3 is 2.18 bits per heavy atom. The van der Waals surface area contributed by atoms with Crippen molar-refractivity contribution in [3.63, 3.8) is 0 Å². The first-order chi connectivity index (χ1) is 16.1. The molecule has 0 spiro atoms. The molecule has 180 valence electrons. The minimum atomic E-state index is 0.422. The molecular weight excluding hydrogens is 418 g/mol. The molecule has 0 aliphatic heterocycles. The summed E-state index contributed by atoms with van der Waals surface area (Å²) in [7, 11) is 1.51. The monoisotopic (exact) mass is 455 g/mol. The molecule has 0 amide bonds. The van der Waals surface area contributed by atoms with Crippen molar-refractivity contribution in [3.8, 4) is 17.2 Å². The first-order valence-corrected chi connectivity index (χ1v) is 11.5. The molecule has 0 radical (unpaired) electrons. The SMILES string of the molecule is C/C=C/COc1cc(C)c(OCCCCCOc2ccc(COCC=NOC)cc2)c(C)c1. The average Bonchev–Trinajstić information content (AvgIpc) is 2.81. The summed E-state index contributed by atoms with van der Waals surface area (Å²) in [6, 6.07) is 12.0. The zero-order chi connectivity index (χ0) is 23.7. The molecule has 2 aromatic rings. The number of allylic oxidation sites excluding steroid dienone is 1. The smallest absolute Gasteiger partial charge is 0.125 e. The molecular formula is C27H37NO5. The van der Waals surface area contributed by atoms with Gasteiger partial charge in [0.25, 0.3) is 0 Å². The summed E-state index contributed by atoms with van der Waals surface area (Å²) in [6.07, 6.45) is 8.59. The van der Waals surface area contributed by atoms with Gasteiger partial charge < -0.3 is 23.8 Å². The van der Waals surface area contributed by atoms with Crippen molar-refractivity contribution in [2.75, 3.05) is 33.5 Å². The second-order valence-electron chi connectivity index (χ2n) is 7.65. The lowest BCUT2D eigenvalue weighted by Crippen LogP contribution is -2.03. The Bertz CT molecular complexity index is 838. The van der Waals surface area contributed by atoms with Crippen molar-refractivity contribution in [3.05, 3.63) is 65.2 Å². The second kappa shape index (κ2) is 15.8. The van der Waals surface area contributed by atoms with E-state index in [1.165, 1.54) is 7.11 Å². The Morgan fingerprint density at radius 1 is 0.818 bits per heavy atom. The largest absolute Gasteiger partial charge is 0.494 e. The summed E-state index contributed by atoms with van der Waals surface area (Å²) in [5.41, 5.74) is 3.30. The lowest BCUT2D eigenvalue weighted by atomic mass is 10.1. The van der Waals surface area contributed by atoms with Crippen molar-refractivity contribution >= 4 is 6.21 Å². The predicted octanol–water partition coefficient (Wildman–Crippen LogP) is 6.04. The van der Waals surface area contributed by atoms with Crippen LogP contribution < -0.4 is 14.2 Å². The molecule has 0 saturated carbocycles. The van der Waals surface area contributed by atoms with E-state index in [0.29, 0.717) is 33.0 Å². The number of aryl methyl sites for hydroxylation is 2. The van der Waals surface area contributed by atoms with Gasteiger partial charge in [-0.25, -0.2) is 0 Å². The highest BCUT2D eigenvalue weighted by Crippen LogP contribution is 2.28. The summed E-state index contributed by atoms with van der Waals surface area (Å²) in [4.78, 5) is 4.59. The summed E-state index contributed by atoms with van der Waals surface area (Å²) < 4.78 is 23.1. The fourth-order valence-corrected chi connectivity index (χ4v) is 3.22. The van der Waals surface area contributed by atoms with Gasteiger partial charge in [-0.1, -0.05) is 29.4 Å². The van der Waals surface area contributed by atoms with Crippen LogP contribution in [0.1, 0.15) is 42.9 Å². The molecule has 0 aliphatic rings. The predicted molar refractivity (Wildman–Crippen MR) is 133 cm³/mol. The normalized spacial score (nSPS) is 11.3. The minimum Gasteiger partial charge on any atom is -0.494 e. The standard InChI is InChI=1S/C27H37NO5/c1-5-6-15-32-26-19-22(2)27(23(3)20-26)33-17-9-7-8-16-31-25-12-10-24(11-13-25)21-30-18-14-28-29-4/h5-6,10-14,19-20H,7-9,15-18,21H2,1-4H3/b6-5+,28-14?. The lowest BCUT2D eigenvalue weighted by Gasteiger charge is -2.14. The number of oxime groups is 1.